The van der Waals surface area contributed by atoms with E-state index < -0.39 is 0 Å². The van der Waals surface area contributed by atoms with Crippen LogP contribution in [0.3, 0.4) is 0 Å². The third kappa shape index (κ3) is 4.84. The van der Waals surface area contributed by atoms with Crippen LogP contribution in [0.5, 0.6) is 0 Å². The molecule has 1 fully saturated rings. The van der Waals surface area contributed by atoms with E-state index in [2.05, 4.69) is 46.8 Å². The van der Waals surface area contributed by atoms with Gasteiger partial charge in [-0.3, -0.25) is 4.99 Å². The molecule has 0 aliphatic heterocycles. The predicted octanol–water partition coefficient (Wildman–Crippen LogP) is 2.94. The topological polar surface area (TPSA) is 36.4 Å². The molecule has 1 atom stereocenters. The van der Waals surface area contributed by atoms with Gasteiger partial charge in [0.1, 0.15) is 0 Å². The summed E-state index contributed by atoms with van der Waals surface area (Å²) in [5, 5.41) is 6.78. The third-order valence-electron chi connectivity index (χ3n) is 3.13. The molecule has 2 N–H and O–H groups in total. The minimum absolute atomic E-state index is 0. The maximum absolute atomic E-state index is 4.25. The molecule has 0 heterocycles. The Hall–Kier alpha value is -0.780. The maximum Gasteiger partial charge on any atom is 0.191 e. The zero-order chi connectivity index (χ0) is 12.1. The molecule has 1 unspecified atom stereocenters. The molecular weight excluding hydrogens is 337 g/mol. The van der Waals surface area contributed by atoms with Crippen LogP contribution in [0, 0.1) is 5.92 Å². The molecule has 1 aromatic rings. The third-order valence-corrected chi connectivity index (χ3v) is 3.13. The lowest BCUT2D eigenvalue weighted by atomic mass is 10.1. The second-order valence-electron chi connectivity index (χ2n) is 4.67. The lowest BCUT2D eigenvalue weighted by Gasteiger charge is -2.18. The van der Waals surface area contributed by atoms with E-state index in [0.717, 1.165) is 18.4 Å². The van der Waals surface area contributed by atoms with Crippen LogP contribution in [-0.2, 0) is 0 Å². The minimum atomic E-state index is 0. The Kier molecular flexibility index (Phi) is 6.46. The van der Waals surface area contributed by atoms with Crippen LogP contribution >= 0.6 is 24.0 Å². The van der Waals surface area contributed by atoms with Crippen LogP contribution < -0.4 is 10.6 Å². The molecule has 0 spiro atoms. The Morgan fingerprint density at radius 1 is 1.33 bits per heavy atom. The van der Waals surface area contributed by atoms with E-state index in [4.69, 9.17) is 0 Å². The summed E-state index contributed by atoms with van der Waals surface area (Å²) in [6, 6.07) is 10.7. The Morgan fingerprint density at radius 3 is 2.56 bits per heavy atom. The normalized spacial score (nSPS) is 16.7. The number of benzene rings is 1. The predicted molar refractivity (Wildman–Crippen MR) is 87.5 cm³/mol. The van der Waals surface area contributed by atoms with Crippen molar-refractivity contribution in [1.82, 2.24) is 10.6 Å². The summed E-state index contributed by atoms with van der Waals surface area (Å²) in [5.41, 5.74) is 1.28. The summed E-state index contributed by atoms with van der Waals surface area (Å²) < 4.78 is 0. The van der Waals surface area contributed by atoms with E-state index >= 15 is 0 Å². The zero-order valence-corrected chi connectivity index (χ0v) is 13.3. The number of hydrogen-bond donors (Lipinski definition) is 2. The van der Waals surface area contributed by atoms with Gasteiger partial charge >= 0.3 is 0 Å². The highest BCUT2D eigenvalue weighted by molar-refractivity contribution is 14.0. The maximum atomic E-state index is 4.25. The van der Waals surface area contributed by atoms with Crippen molar-refractivity contribution in [2.24, 2.45) is 10.9 Å². The highest BCUT2D eigenvalue weighted by atomic mass is 127. The Morgan fingerprint density at radius 2 is 2.00 bits per heavy atom. The van der Waals surface area contributed by atoms with Gasteiger partial charge in [-0.25, -0.2) is 0 Å². The number of nitrogens with zero attached hydrogens (tertiary/aromatic N) is 1. The first kappa shape index (κ1) is 15.3. The van der Waals surface area contributed by atoms with E-state index in [1.54, 1.807) is 0 Å². The average Bonchev–Trinajstić information content (AvgIpc) is 3.19. The standard InChI is InChI=1S/C14H21N3.HI/c1-11(13-6-4-3-5-7-13)17-14(15-2)16-10-12-8-9-12;/h3-7,11-12H,8-10H2,1-2H3,(H2,15,16,17);1H. The molecule has 0 aromatic heterocycles. The number of guanidine groups is 1. The Labute approximate surface area is 126 Å². The molecular formula is C14H22IN3. The van der Waals surface area contributed by atoms with E-state index in [9.17, 15) is 0 Å². The van der Waals surface area contributed by atoms with Crippen LogP contribution in [0.25, 0.3) is 0 Å². The molecule has 0 amide bonds. The smallest absolute Gasteiger partial charge is 0.191 e. The number of hydrogen-bond acceptors (Lipinski definition) is 1. The summed E-state index contributed by atoms with van der Waals surface area (Å²) >= 11 is 0. The number of halogens is 1. The van der Waals surface area contributed by atoms with Crippen LogP contribution in [-0.4, -0.2) is 19.6 Å². The molecule has 18 heavy (non-hydrogen) atoms. The molecule has 100 valence electrons. The van der Waals surface area contributed by atoms with E-state index in [1.807, 2.05) is 13.1 Å². The van der Waals surface area contributed by atoms with E-state index in [1.165, 1.54) is 18.4 Å². The first-order valence-corrected chi connectivity index (χ1v) is 6.31. The monoisotopic (exact) mass is 359 g/mol. The molecule has 0 bridgehead atoms. The highest BCUT2D eigenvalue weighted by Gasteiger charge is 2.21. The van der Waals surface area contributed by atoms with Crippen molar-refractivity contribution in [3.63, 3.8) is 0 Å². The lowest BCUT2D eigenvalue weighted by molar-refractivity contribution is 0.671. The summed E-state index contributed by atoms with van der Waals surface area (Å²) in [7, 11) is 1.82. The highest BCUT2D eigenvalue weighted by Crippen LogP contribution is 2.27. The van der Waals surface area contributed by atoms with Crippen molar-refractivity contribution in [3.05, 3.63) is 35.9 Å². The molecule has 0 saturated heterocycles. The molecule has 1 aliphatic carbocycles. The molecule has 1 aliphatic rings. The molecule has 3 nitrogen and oxygen atoms in total. The van der Waals surface area contributed by atoms with Crippen LogP contribution in [0.1, 0.15) is 31.4 Å². The Balaban J connectivity index is 0.00000162. The minimum Gasteiger partial charge on any atom is -0.356 e. The van der Waals surface area contributed by atoms with Crippen molar-refractivity contribution in [2.75, 3.05) is 13.6 Å². The van der Waals surface area contributed by atoms with Crippen LogP contribution in [0.2, 0.25) is 0 Å². The second kappa shape index (κ2) is 7.61. The summed E-state index contributed by atoms with van der Waals surface area (Å²) in [4.78, 5) is 4.25. The van der Waals surface area contributed by atoms with Gasteiger partial charge in [-0.1, -0.05) is 30.3 Å². The fraction of sp³-hybridized carbons (Fsp3) is 0.500. The second-order valence-corrected chi connectivity index (χ2v) is 4.67. The Bertz CT molecular complexity index is 374. The number of nitrogens with one attached hydrogen (secondary N) is 2. The average molecular weight is 359 g/mol. The van der Waals surface area contributed by atoms with Crippen LogP contribution in [0.4, 0.5) is 0 Å². The number of aliphatic imine (C=N–C) groups is 1. The molecule has 0 radical (unpaired) electrons. The fourth-order valence-corrected chi connectivity index (χ4v) is 1.79. The number of rotatable bonds is 4. The van der Waals surface area contributed by atoms with Gasteiger partial charge in [0.25, 0.3) is 0 Å². The van der Waals surface area contributed by atoms with Gasteiger partial charge < -0.3 is 10.6 Å². The largest absolute Gasteiger partial charge is 0.356 e. The zero-order valence-electron chi connectivity index (χ0n) is 11.0. The van der Waals surface area contributed by atoms with Crippen molar-refractivity contribution in [3.8, 4) is 0 Å². The SMILES string of the molecule is CN=C(NCC1CC1)NC(C)c1ccccc1.I. The van der Waals surface area contributed by atoms with Crippen molar-refractivity contribution < 1.29 is 0 Å². The van der Waals surface area contributed by atoms with Crippen LogP contribution in [0.15, 0.2) is 35.3 Å². The van der Waals surface area contributed by atoms with Gasteiger partial charge in [-0.2, -0.15) is 0 Å². The molecule has 4 heteroatoms. The quantitative estimate of drug-likeness (QED) is 0.493. The van der Waals surface area contributed by atoms with Gasteiger partial charge in [0.05, 0.1) is 6.04 Å². The molecule has 1 saturated carbocycles. The first-order chi connectivity index (χ1) is 8.29. The van der Waals surface area contributed by atoms with Gasteiger partial charge in [-0.05, 0) is 31.2 Å². The summed E-state index contributed by atoms with van der Waals surface area (Å²) in [5.74, 6) is 1.76. The van der Waals surface area contributed by atoms with Crippen molar-refractivity contribution >= 4 is 29.9 Å². The van der Waals surface area contributed by atoms with Gasteiger partial charge in [0.15, 0.2) is 5.96 Å². The van der Waals surface area contributed by atoms with E-state index in [0.29, 0.717) is 0 Å². The summed E-state index contributed by atoms with van der Waals surface area (Å²) in [6.45, 7) is 3.19. The molecule has 1 aromatic carbocycles. The van der Waals surface area contributed by atoms with E-state index in [-0.39, 0.29) is 30.0 Å². The van der Waals surface area contributed by atoms with Gasteiger partial charge in [0.2, 0.25) is 0 Å². The van der Waals surface area contributed by atoms with Crippen molar-refractivity contribution in [2.45, 2.75) is 25.8 Å². The first-order valence-electron chi connectivity index (χ1n) is 6.31. The van der Waals surface area contributed by atoms with Gasteiger partial charge in [-0.15, -0.1) is 24.0 Å². The van der Waals surface area contributed by atoms with Crippen molar-refractivity contribution in [1.29, 1.82) is 0 Å². The summed E-state index contributed by atoms with van der Waals surface area (Å²) in [6.07, 6.45) is 2.72. The lowest BCUT2D eigenvalue weighted by Crippen LogP contribution is -2.39. The molecule has 2 rings (SSSR count). The van der Waals surface area contributed by atoms with Gasteiger partial charge in [0, 0.05) is 13.6 Å². The fourth-order valence-electron chi connectivity index (χ4n) is 1.79.